The molecule has 4 nitrogen and oxygen atoms in total. The van der Waals surface area contributed by atoms with Crippen molar-refractivity contribution in [3.05, 3.63) is 0 Å². The van der Waals surface area contributed by atoms with Crippen molar-refractivity contribution in [3.8, 4) is 0 Å². The Morgan fingerprint density at radius 3 is 2.50 bits per heavy atom. The van der Waals surface area contributed by atoms with Gasteiger partial charge in [-0.25, -0.2) is 0 Å². The van der Waals surface area contributed by atoms with Crippen LogP contribution in [0.2, 0.25) is 0 Å². The molecule has 0 aromatic heterocycles. The lowest BCUT2D eigenvalue weighted by Crippen LogP contribution is -2.45. The Balaban J connectivity index is 3.54. The highest BCUT2D eigenvalue weighted by molar-refractivity contribution is 5.79. The van der Waals surface area contributed by atoms with E-state index in [0.29, 0.717) is 12.3 Å². The summed E-state index contributed by atoms with van der Waals surface area (Å²) in [6.07, 6.45) is 2.43. The third-order valence-electron chi connectivity index (χ3n) is 2.34. The molecule has 0 saturated heterocycles. The smallest absolute Gasteiger partial charge is 0.325 e. The van der Waals surface area contributed by atoms with Gasteiger partial charge in [0.1, 0.15) is 5.54 Å². The van der Waals surface area contributed by atoms with Gasteiger partial charge in [-0.05, 0) is 32.1 Å². The predicted octanol–water partition coefficient (Wildman–Crippen LogP) is 1.72. The van der Waals surface area contributed by atoms with E-state index in [1.165, 1.54) is 7.11 Å². The van der Waals surface area contributed by atoms with Crippen LogP contribution in [-0.2, 0) is 14.3 Å². The van der Waals surface area contributed by atoms with E-state index in [0.717, 1.165) is 26.1 Å². The second kappa shape index (κ2) is 7.63. The van der Waals surface area contributed by atoms with Crippen molar-refractivity contribution in [2.45, 2.75) is 45.6 Å². The maximum absolute atomic E-state index is 11.3. The van der Waals surface area contributed by atoms with Crippen LogP contribution in [0.15, 0.2) is 0 Å². The lowest BCUT2D eigenvalue weighted by Gasteiger charge is -2.21. The van der Waals surface area contributed by atoms with Crippen molar-refractivity contribution in [2.75, 3.05) is 20.3 Å². The van der Waals surface area contributed by atoms with E-state index in [-0.39, 0.29) is 5.97 Å². The van der Waals surface area contributed by atoms with Crippen molar-refractivity contribution in [2.24, 2.45) is 11.7 Å². The summed E-state index contributed by atoms with van der Waals surface area (Å²) in [6, 6.07) is 0. The zero-order chi connectivity index (χ0) is 12.6. The fraction of sp³-hybridized carbons (Fsp3) is 0.917. The largest absolute Gasteiger partial charge is 0.468 e. The van der Waals surface area contributed by atoms with Gasteiger partial charge in [-0.1, -0.05) is 13.8 Å². The number of hydrogen-bond donors (Lipinski definition) is 1. The van der Waals surface area contributed by atoms with E-state index in [1.807, 2.05) is 0 Å². The van der Waals surface area contributed by atoms with Crippen LogP contribution in [0, 0.1) is 5.92 Å². The monoisotopic (exact) mass is 231 g/mol. The molecule has 0 heterocycles. The van der Waals surface area contributed by atoms with Crippen LogP contribution in [0.3, 0.4) is 0 Å². The molecule has 0 aliphatic rings. The van der Waals surface area contributed by atoms with Gasteiger partial charge in [0, 0.05) is 13.2 Å². The average molecular weight is 231 g/mol. The summed E-state index contributed by atoms with van der Waals surface area (Å²) in [6.45, 7) is 7.46. The Morgan fingerprint density at radius 2 is 2.00 bits per heavy atom. The topological polar surface area (TPSA) is 61.5 Å². The second-order valence-corrected chi connectivity index (χ2v) is 4.83. The lowest BCUT2D eigenvalue weighted by atomic mass is 9.96. The maximum atomic E-state index is 11.3. The molecule has 2 N–H and O–H groups in total. The molecule has 0 fully saturated rings. The number of nitrogens with two attached hydrogens (primary N) is 1. The van der Waals surface area contributed by atoms with E-state index in [4.69, 9.17) is 10.5 Å². The Morgan fingerprint density at radius 1 is 1.38 bits per heavy atom. The van der Waals surface area contributed by atoms with Gasteiger partial charge < -0.3 is 15.2 Å². The van der Waals surface area contributed by atoms with Gasteiger partial charge in [0.25, 0.3) is 0 Å². The quantitative estimate of drug-likeness (QED) is 0.510. The summed E-state index contributed by atoms with van der Waals surface area (Å²) < 4.78 is 10.1. The summed E-state index contributed by atoms with van der Waals surface area (Å²) in [5.74, 6) is 0.213. The zero-order valence-electron chi connectivity index (χ0n) is 10.9. The normalized spacial score (nSPS) is 14.9. The molecule has 0 bridgehead atoms. The highest BCUT2D eigenvalue weighted by Gasteiger charge is 2.28. The zero-order valence-corrected chi connectivity index (χ0v) is 10.9. The minimum atomic E-state index is -0.868. The molecule has 0 saturated carbocycles. The van der Waals surface area contributed by atoms with Crippen LogP contribution < -0.4 is 5.73 Å². The molecule has 0 amide bonds. The molecule has 0 aliphatic heterocycles. The number of esters is 1. The molecule has 16 heavy (non-hydrogen) atoms. The molecular weight excluding hydrogens is 206 g/mol. The van der Waals surface area contributed by atoms with Crippen molar-refractivity contribution in [1.82, 2.24) is 0 Å². The minimum absolute atomic E-state index is 0.351. The van der Waals surface area contributed by atoms with Gasteiger partial charge in [-0.2, -0.15) is 0 Å². The molecule has 0 aromatic carbocycles. The second-order valence-electron chi connectivity index (χ2n) is 4.83. The molecular formula is C12H25NO3. The average Bonchev–Trinajstić information content (AvgIpc) is 2.21. The Bertz CT molecular complexity index is 202. The number of ether oxygens (including phenoxy) is 2. The first-order valence-corrected chi connectivity index (χ1v) is 5.85. The summed E-state index contributed by atoms with van der Waals surface area (Å²) in [5, 5.41) is 0. The van der Waals surface area contributed by atoms with Crippen LogP contribution in [0.4, 0.5) is 0 Å². The molecule has 1 unspecified atom stereocenters. The van der Waals surface area contributed by atoms with Gasteiger partial charge >= 0.3 is 5.97 Å². The third-order valence-corrected chi connectivity index (χ3v) is 2.34. The first-order valence-electron chi connectivity index (χ1n) is 5.85. The molecule has 0 rings (SSSR count). The Kier molecular flexibility index (Phi) is 7.34. The molecule has 0 aromatic rings. The van der Waals surface area contributed by atoms with Crippen LogP contribution in [0.5, 0.6) is 0 Å². The summed E-state index contributed by atoms with van der Waals surface area (Å²) >= 11 is 0. The molecule has 0 aliphatic carbocycles. The maximum Gasteiger partial charge on any atom is 0.325 e. The summed E-state index contributed by atoms with van der Waals surface area (Å²) in [4.78, 5) is 11.3. The predicted molar refractivity (Wildman–Crippen MR) is 64.1 cm³/mol. The van der Waals surface area contributed by atoms with Crippen molar-refractivity contribution in [3.63, 3.8) is 0 Å². The summed E-state index contributed by atoms with van der Waals surface area (Å²) in [5.41, 5.74) is 4.95. The summed E-state index contributed by atoms with van der Waals surface area (Å²) in [7, 11) is 1.36. The standard InChI is InChI=1S/C12H25NO3/c1-10(2)9-16-8-6-5-7-12(3,13)11(14)15-4/h10H,5-9,13H2,1-4H3. The minimum Gasteiger partial charge on any atom is -0.468 e. The van der Waals surface area contributed by atoms with Crippen molar-refractivity contribution >= 4 is 5.97 Å². The molecule has 4 heteroatoms. The highest BCUT2D eigenvalue weighted by atomic mass is 16.5. The van der Waals surface area contributed by atoms with Gasteiger partial charge in [-0.15, -0.1) is 0 Å². The Labute approximate surface area is 98.5 Å². The first kappa shape index (κ1) is 15.4. The van der Waals surface area contributed by atoms with E-state index in [9.17, 15) is 4.79 Å². The van der Waals surface area contributed by atoms with Crippen LogP contribution in [-0.4, -0.2) is 31.8 Å². The highest BCUT2D eigenvalue weighted by Crippen LogP contribution is 2.12. The number of carbonyl (C=O) groups excluding carboxylic acids is 1. The van der Waals surface area contributed by atoms with E-state index >= 15 is 0 Å². The molecule has 0 spiro atoms. The lowest BCUT2D eigenvalue weighted by molar-refractivity contribution is -0.146. The SMILES string of the molecule is COC(=O)C(C)(N)CCCCOCC(C)C. The van der Waals surface area contributed by atoms with E-state index in [1.54, 1.807) is 6.92 Å². The van der Waals surface area contributed by atoms with Crippen LogP contribution in [0.25, 0.3) is 0 Å². The van der Waals surface area contributed by atoms with E-state index < -0.39 is 5.54 Å². The third kappa shape index (κ3) is 6.80. The van der Waals surface area contributed by atoms with Gasteiger partial charge in [-0.3, -0.25) is 4.79 Å². The number of unbranched alkanes of at least 4 members (excludes halogenated alkanes) is 1. The van der Waals surface area contributed by atoms with Crippen LogP contribution >= 0.6 is 0 Å². The van der Waals surface area contributed by atoms with Gasteiger partial charge in [0.05, 0.1) is 7.11 Å². The van der Waals surface area contributed by atoms with E-state index in [2.05, 4.69) is 18.6 Å². The molecule has 96 valence electrons. The molecule has 1 atom stereocenters. The van der Waals surface area contributed by atoms with Gasteiger partial charge in [0.2, 0.25) is 0 Å². The number of carbonyl (C=O) groups is 1. The number of methoxy groups -OCH3 is 1. The number of rotatable bonds is 8. The fourth-order valence-corrected chi connectivity index (χ4v) is 1.35. The van der Waals surface area contributed by atoms with Crippen molar-refractivity contribution < 1.29 is 14.3 Å². The Hall–Kier alpha value is -0.610. The number of hydrogen-bond acceptors (Lipinski definition) is 4. The molecule has 0 radical (unpaired) electrons. The first-order chi connectivity index (χ1) is 7.40. The van der Waals surface area contributed by atoms with Gasteiger partial charge in [0.15, 0.2) is 0 Å². The fourth-order valence-electron chi connectivity index (χ4n) is 1.35. The van der Waals surface area contributed by atoms with Crippen LogP contribution in [0.1, 0.15) is 40.0 Å². The van der Waals surface area contributed by atoms with Crippen molar-refractivity contribution in [1.29, 1.82) is 0 Å².